The number of hydrogen-bond acceptors (Lipinski definition) is 5. The Morgan fingerprint density at radius 2 is 1.46 bits per heavy atom. The summed E-state index contributed by atoms with van der Waals surface area (Å²) in [5, 5.41) is 0. The van der Waals surface area contributed by atoms with Crippen molar-refractivity contribution in [2.75, 3.05) is 72.3 Å². The average Bonchev–Trinajstić information content (AvgIpc) is 2.65. The van der Waals surface area contributed by atoms with Gasteiger partial charge in [0.25, 0.3) is 0 Å². The first-order valence-corrected chi connectivity index (χ1v) is 9.23. The number of morpholine rings is 2. The van der Waals surface area contributed by atoms with Gasteiger partial charge in [-0.05, 0) is 31.0 Å². The van der Waals surface area contributed by atoms with Gasteiger partial charge in [-0.2, -0.15) is 0 Å². The zero-order valence-corrected chi connectivity index (χ0v) is 14.6. The Morgan fingerprint density at radius 3 is 2.17 bits per heavy atom. The number of hydrogen-bond donors (Lipinski definition) is 0. The van der Waals surface area contributed by atoms with Crippen LogP contribution in [0.3, 0.4) is 0 Å². The molecule has 0 N–H and O–H groups in total. The highest BCUT2D eigenvalue weighted by molar-refractivity contribution is 5.33. The second kappa shape index (κ2) is 9.99. The van der Waals surface area contributed by atoms with Crippen LogP contribution in [0.2, 0.25) is 0 Å². The maximum Gasteiger partial charge on any atom is 0.122 e. The molecule has 2 aliphatic rings. The molecule has 0 amide bonds. The van der Waals surface area contributed by atoms with E-state index >= 15 is 0 Å². The predicted octanol–water partition coefficient (Wildman–Crippen LogP) is 1.66. The summed E-state index contributed by atoms with van der Waals surface area (Å²) in [6.45, 7) is 10.5. The van der Waals surface area contributed by atoms with Gasteiger partial charge >= 0.3 is 0 Å². The third kappa shape index (κ3) is 5.74. The standard InChI is InChI=1S/C19H30N2O3/c1-2-6-19(24-17-12-21-10-15-23-16-11-21)18(4-1)5-3-7-20-8-13-22-14-9-20/h1-2,4,6H,3,5,7-17H2. The second-order valence-corrected chi connectivity index (χ2v) is 6.47. The molecule has 0 saturated carbocycles. The summed E-state index contributed by atoms with van der Waals surface area (Å²) >= 11 is 0. The summed E-state index contributed by atoms with van der Waals surface area (Å²) in [5.74, 6) is 1.05. The van der Waals surface area contributed by atoms with Gasteiger partial charge in [-0.1, -0.05) is 18.2 Å². The van der Waals surface area contributed by atoms with E-state index in [-0.39, 0.29) is 0 Å². The molecule has 2 aliphatic heterocycles. The highest BCUT2D eigenvalue weighted by Gasteiger charge is 2.12. The van der Waals surface area contributed by atoms with Crippen molar-refractivity contribution in [3.8, 4) is 5.75 Å². The predicted molar refractivity (Wildman–Crippen MR) is 94.8 cm³/mol. The van der Waals surface area contributed by atoms with Gasteiger partial charge in [0.2, 0.25) is 0 Å². The molecule has 0 aliphatic carbocycles. The molecule has 0 aromatic heterocycles. The largest absolute Gasteiger partial charge is 0.492 e. The zero-order valence-electron chi connectivity index (χ0n) is 14.6. The summed E-state index contributed by atoms with van der Waals surface area (Å²) in [6.07, 6.45) is 2.24. The molecule has 0 atom stereocenters. The normalized spacial score (nSPS) is 20.2. The lowest BCUT2D eigenvalue weighted by Gasteiger charge is -2.27. The molecule has 1 aromatic carbocycles. The van der Waals surface area contributed by atoms with E-state index in [1.807, 2.05) is 0 Å². The third-order valence-corrected chi connectivity index (χ3v) is 4.77. The molecule has 2 saturated heterocycles. The third-order valence-electron chi connectivity index (χ3n) is 4.77. The molecule has 3 rings (SSSR count). The maximum absolute atomic E-state index is 6.07. The molecule has 0 unspecified atom stereocenters. The van der Waals surface area contributed by atoms with Crippen molar-refractivity contribution < 1.29 is 14.2 Å². The number of benzene rings is 1. The van der Waals surface area contributed by atoms with Gasteiger partial charge in [-0.3, -0.25) is 9.80 Å². The van der Waals surface area contributed by atoms with E-state index in [1.165, 1.54) is 12.0 Å². The Labute approximate surface area is 145 Å². The Bertz CT molecular complexity index is 428. The first-order chi connectivity index (χ1) is 11.9. The highest BCUT2D eigenvalue weighted by Crippen LogP contribution is 2.20. The van der Waals surface area contributed by atoms with Gasteiger partial charge in [-0.15, -0.1) is 0 Å². The molecule has 5 nitrogen and oxygen atoms in total. The molecule has 24 heavy (non-hydrogen) atoms. The Hall–Kier alpha value is -1.14. The van der Waals surface area contributed by atoms with Crippen LogP contribution in [0, 0.1) is 0 Å². The van der Waals surface area contributed by atoms with E-state index in [9.17, 15) is 0 Å². The zero-order chi connectivity index (χ0) is 16.5. The monoisotopic (exact) mass is 334 g/mol. The second-order valence-electron chi connectivity index (χ2n) is 6.47. The Morgan fingerprint density at radius 1 is 0.833 bits per heavy atom. The van der Waals surface area contributed by atoms with Crippen molar-refractivity contribution in [3.05, 3.63) is 29.8 Å². The number of aryl methyl sites for hydroxylation is 1. The summed E-state index contributed by atoms with van der Waals surface area (Å²) in [4.78, 5) is 4.90. The van der Waals surface area contributed by atoms with Gasteiger partial charge in [0.05, 0.1) is 26.4 Å². The molecule has 5 heteroatoms. The van der Waals surface area contributed by atoms with E-state index in [4.69, 9.17) is 14.2 Å². The van der Waals surface area contributed by atoms with Crippen molar-refractivity contribution in [3.63, 3.8) is 0 Å². The van der Waals surface area contributed by atoms with Crippen LogP contribution >= 0.6 is 0 Å². The van der Waals surface area contributed by atoms with Crippen LogP contribution in [-0.2, 0) is 15.9 Å². The average molecular weight is 334 g/mol. The van der Waals surface area contributed by atoms with Gasteiger partial charge in [0, 0.05) is 32.7 Å². The summed E-state index contributed by atoms with van der Waals surface area (Å²) in [7, 11) is 0. The number of para-hydroxylation sites is 1. The fraction of sp³-hybridized carbons (Fsp3) is 0.684. The Kier molecular flexibility index (Phi) is 7.36. The van der Waals surface area contributed by atoms with Crippen molar-refractivity contribution in [2.24, 2.45) is 0 Å². The molecule has 0 bridgehead atoms. The minimum atomic E-state index is 0.750. The van der Waals surface area contributed by atoms with E-state index < -0.39 is 0 Å². The first kappa shape index (κ1) is 17.7. The highest BCUT2D eigenvalue weighted by atomic mass is 16.5. The molecule has 0 radical (unpaired) electrons. The van der Waals surface area contributed by atoms with Crippen molar-refractivity contribution in [1.29, 1.82) is 0 Å². The van der Waals surface area contributed by atoms with Crippen LogP contribution in [0.15, 0.2) is 24.3 Å². The van der Waals surface area contributed by atoms with Crippen molar-refractivity contribution in [1.82, 2.24) is 9.80 Å². The van der Waals surface area contributed by atoms with Crippen molar-refractivity contribution >= 4 is 0 Å². The van der Waals surface area contributed by atoms with Gasteiger partial charge in [0.1, 0.15) is 12.4 Å². The van der Waals surface area contributed by atoms with Crippen LogP contribution in [0.5, 0.6) is 5.75 Å². The molecular weight excluding hydrogens is 304 g/mol. The lowest BCUT2D eigenvalue weighted by molar-refractivity contribution is 0.0321. The molecule has 134 valence electrons. The van der Waals surface area contributed by atoms with Gasteiger partial charge < -0.3 is 14.2 Å². The van der Waals surface area contributed by atoms with Gasteiger partial charge in [-0.25, -0.2) is 0 Å². The topological polar surface area (TPSA) is 34.2 Å². The summed E-state index contributed by atoms with van der Waals surface area (Å²) in [6, 6.07) is 8.47. The van der Waals surface area contributed by atoms with Crippen LogP contribution in [0.1, 0.15) is 12.0 Å². The molecule has 2 heterocycles. The minimum Gasteiger partial charge on any atom is -0.492 e. The first-order valence-electron chi connectivity index (χ1n) is 9.23. The van der Waals surface area contributed by atoms with E-state index in [0.29, 0.717) is 0 Å². The quantitative estimate of drug-likeness (QED) is 0.722. The van der Waals surface area contributed by atoms with Crippen LogP contribution < -0.4 is 4.74 Å². The lowest BCUT2D eigenvalue weighted by Crippen LogP contribution is -2.38. The summed E-state index contributed by atoms with van der Waals surface area (Å²) < 4.78 is 16.9. The molecule has 2 fully saturated rings. The summed E-state index contributed by atoms with van der Waals surface area (Å²) in [5.41, 5.74) is 1.33. The van der Waals surface area contributed by atoms with Crippen LogP contribution in [0.4, 0.5) is 0 Å². The van der Waals surface area contributed by atoms with Crippen molar-refractivity contribution in [2.45, 2.75) is 12.8 Å². The smallest absolute Gasteiger partial charge is 0.122 e. The van der Waals surface area contributed by atoms with Crippen LogP contribution in [0.25, 0.3) is 0 Å². The number of rotatable bonds is 8. The molecular formula is C19H30N2O3. The SMILES string of the molecule is c1ccc(OCCN2CCOCC2)c(CCCN2CCOCC2)c1. The number of ether oxygens (including phenoxy) is 3. The minimum absolute atomic E-state index is 0.750. The van der Waals surface area contributed by atoms with E-state index in [2.05, 4.69) is 34.1 Å². The molecule has 1 aromatic rings. The lowest BCUT2D eigenvalue weighted by atomic mass is 10.1. The van der Waals surface area contributed by atoms with Crippen LogP contribution in [-0.4, -0.2) is 82.1 Å². The fourth-order valence-corrected chi connectivity index (χ4v) is 3.28. The fourth-order valence-electron chi connectivity index (χ4n) is 3.28. The Balaban J connectivity index is 1.40. The maximum atomic E-state index is 6.07. The number of nitrogens with zero attached hydrogens (tertiary/aromatic N) is 2. The molecule has 0 spiro atoms. The van der Waals surface area contributed by atoms with E-state index in [0.717, 1.165) is 84.5 Å². The van der Waals surface area contributed by atoms with E-state index in [1.54, 1.807) is 0 Å². The van der Waals surface area contributed by atoms with Gasteiger partial charge in [0.15, 0.2) is 0 Å².